The molecule has 2 unspecified atom stereocenters. The minimum Gasteiger partial charge on any atom is -0.506 e. The Kier molecular flexibility index (Phi) is 6.38. The number of amides is 1. The molecule has 5 aromatic rings. The first kappa shape index (κ1) is 27.0. The number of carbonyl (C=O) groups excluding carboxylic acids is 1. The summed E-state index contributed by atoms with van der Waals surface area (Å²) in [5, 5.41) is 14.0. The van der Waals surface area contributed by atoms with Crippen molar-refractivity contribution in [1.82, 2.24) is 29.5 Å². The van der Waals surface area contributed by atoms with Crippen LogP contribution in [-0.2, 0) is 9.84 Å². The van der Waals surface area contributed by atoms with Crippen LogP contribution in [0.25, 0.3) is 28.0 Å². The Hall–Kier alpha value is -4.84. The van der Waals surface area contributed by atoms with Crippen LogP contribution < -0.4 is 5.73 Å². The number of nitrogens with two attached hydrogens (primary N) is 1. The van der Waals surface area contributed by atoms with E-state index in [9.17, 15) is 18.3 Å². The fraction of sp³-hybridized carbons (Fsp3) is 0.258. The first-order valence-corrected chi connectivity index (χ1v) is 15.9. The van der Waals surface area contributed by atoms with Gasteiger partial charge in [-0.25, -0.2) is 18.4 Å². The second-order valence-corrected chi connectivity index (χ2v) is 13.2. The van der Waals surface area contributed by atoms with E-state index >= 15 is 0 Å². The maximum atomic E-state index is 13.4. The Morgan fingerprint density at radius 1 is 0.930 bits per heavy atom. The lowest BCUT2D eigenvalue weighted by Crippen LogP contribution is -2.46. The number of nitrogen functional groups attached to an aromatic ring is 1. The zero-order valence-corrected chi connectivity index (χ0v) is 24.1. The number of sulfone groups is 1. The average Bonchev–Trinajstić information content (AvgIpc) is 3.55. The van der Waals surface area contributed by atoms with Crippen molar-refractivity contribution in [1.29, 1.82) is 0 Å². The molecule has 3 N–H and O–H groups in total. The van der Waals surface area contributed by atoms with Gasteiger partial charge in [0.25, 0.3) is 5.91 Å². The highest BCUT2D eigenvalue weighted by molar-refractivity contribution is 7.91. The van der Waals surface area contributed by atoms with Crippen molar-refractivity contribution >= 4 is 27.2 Å². The molecule has 6 heterocycles. The molecule has 0 spiro atoms. The number of hydrogen-bond acceptors (Lipinski definition) is 9. The monoisotopic (exact) mass is 595 g/mol. The summed E-state index contributed by atoms with van der Waals surface area (Å²) >= 11 is 0. The molecule has 1 amide bonds. The van der Waals surface area contributed by atoms with Crippen molar-refractivity contribution < 1.29 is 18.3 Å². The molecule has 2 atom stereocenters. The average molecular weight is 596 g/mol. The molecule has 4 aromatic heterocycles. The van der Waals surface area contributed by atoms with E-state index in [2.05, 4.69) is 15.1 Å². The molecular formula is C31H29N7O4S. The number of anilines is 1. The van der Waals surface area contributed by atoms with Gasteiger partial charge in [0.05, 0.1) is 23.8 Å². The van der Waals surface area contributed by atoms with Crippen molar-refractivity contribution in [2.75, 3.05) is 12.0 Å². The lowest BCUT2D eigenvalue weighted by atomic mass is 9.87. The van der Waals surface area contributed by atoms with Gasteiger partial charge >= 0.3 is 0 Å². The summed E-state index contributed by atoms with van der Waals surface area (Å²) in [5.74, 6) is -0.413. The van der Waals surface area contributed by atoms with Gasteiger partial charge in [-0.1, -0.05) is 36.4 Å². The quantitative estimate of drug-likeness (QED) is 0.305. The number of nitrogens with zero attached hydrogens (tertiary/aromatic N) is 6. The molecule has 7 rings (SSSR count). The second-order valence-electron chi connectivity index (χ2n) is 11.2. The summed E-state index contributed by atoms with van der Waals surface area (Å²) in [7, 11) is -3.76. The smallest absolute Gasteiger partial charge is 0.272 e. The van der Waals surface area contributed by atoms with Crippen molar-refractivity contribution in [2.45, 2.75) is 48.6 Å². The first-order chi connectivity index (χ1) is 20.7. The fourth-order valence-corrected chi connectivity index (χ4v) is 7.65. The van der Waals surface area contributed by atoms with Gasteiger partial charge in [-0.2, -0.15) is 9.61 Å². The molecule has 2 bridgehead atoms. The maximum absolute atomic E-state index is 13.4. The van der Waals surface area contributed by atoms with E-state index in [4.69, 9.17) is 10.7 Å². The summed E-state index contributed by atoms with van der Waals surface area (Å²) in [4.78, 5) is 28.9. The van der Waals surface area contributed by atoms with E-state index in [1.165, 1.54) is 22.8 Å². The van der Waals surface area contributed by atoms with Crippen LogP contribution in [0.1, 0.15) is 47.8 Å². The van der Waals surface area contributed by atoms with Crippen LogP contribution in [0.5, 0.6) is 5.75 Å². The molecule has 1 aromatic carbocycles. The van der Waals surface area contributed by atoms with E-state index in [1.807, 2.05) is 47.4 Å². The molecule has 0 aliphatic carbocycles. The predicted octanol–water partition coefficient (Wildman–Crippen LogP) is 4.10. The Morgan fingerprint density at radius 3 is 2.30 bits per heavy atom. The Balaban J connectivity index is 1.26. The van der Waals surface area contributed by atoms with E-state index in [1.54, 1.807) is 12.4 Å². The predicted molar refractivity (Wildman–Crippen MR) is 160 cm³/mol. The zero-order chi connectivity index (χ0) is 29.9. The molecule has 2 aliphatic heterocycles. The van der Waals surface area contributed by atoms with Gasteiger partial charge in [-0.3, -0.25) is 9.78 Å². The van der Waals surface area contributed by atoms with Crippen molar-refractivity contribution in [3.63, 3.8) is 0 Å². The third kappa shape index (κ3) is 4.67. The number of carbonyl (C=O) groups is 1. The molecular weight excluding hydrogens is 566 g/mol. The van der Waals surface area contributed by atoms with Crippen molar-refractivity contribution in [3.8, 4) is 28.1 Å². The number of rotatable bonds is 5. The molecule has 0 radical (unpaired) electrons. The number of pyridine rings is 2. The van der Waals surface area contributed by atoms with E-state index in [0.29, 0.717) is 29.7 Å². The Morgan fingerprint density at radius 2 is 1.67 bits per heavy atom. The molecule has 2 aliphatic rings. The fourth-order valence-electron chi connectivity index (χ4n) is 6.59. The number of benzene rings is 1. The number of hydrogen-bond donors (Lipinski definition) is 2. The largest absolute Gasteiger partial charge is 0.506 e. The van der Waals surface area contributed by atoms with Crippen LogP contribution >= 0.6 is 0 Å². The Bertz CT molecular complexity index is 1950. The molecule has 0 saturated carbocycles. The molecule has 12 heteroatoms. The number of aromatic hydroxyl groups is 1. The van der Waals surface area contributed by atoms with Crippen LogP contribution in [0.4, 0.5) is 5.82 Å². The summed E-state index contributed by atoms with van der Waals surface area (Å²) in [5.41, 5.74) is 10.9. The van der Waals surface area contributed by atoms with Crippen LogP contribution in [-0.4, -0.2) is 67.2 Å². The van der Waals surface area contributed by atoms with Gasteiger partial charge in [0.15, 0.2) is 15.5 Å². The number of fused-ring (bicyclic) bond motifs is 3. The number of piperidine rings is 1. The minimum absolute atomic E-state index is 0.00671. The zero-order valence-electron chi connectivity index (χ0n) is 23.3. The molecule has 2 saturated heterocycles. The first-order valence-electron chi connectivity index (χ1n) is 14.1. The van der Waals surface area contributed by atoms with Gasteiger partial charge in [0.2, 0.25) is 0 Å². The van der Waals surface area contributed by atoms with Crippen LogP contribution in [0.2, 0.25) is 0 Å². The normalized spacial score (nSPS) is 20.0. The van der Waals surface area contributed by atoms with Gasteiger partial charge < -0.3 is 15.7 Å². The summed E-state index contributed by atoms with van der Waals surface area (Å²) < 4.78 is 27.6. The Labute approximate surface area is 248 Å². The molecule has 11 nitrogen and oxygen atoms in total. The third-order valence-electron chi connectivity index (χ3n) is 8.50. The SMILES string of the molecule is CS(=O)(=O)c1c(C2CC3CCC(C2)N3C(=O)c2ccc(O)cn2)nc2c(-c3ccc(-c4ccccc4)nc3)cnn2c1N. The highest BCUT2D eigenvalue weighted by Crippen LogP contribution is 2.45. The van der Waals surface area contributed by atoms with Crippen LogP contribution in [0.15, 0.2) is 78.1 Å². The minimum atomic E-state index is -3.76. The number of aromatic nitrogens is 5. The van der Waals surface area contributed by atoms with Crippen LogP contribution in [0.3, 0.4) is 0 Å². The van der Waals surface area contributed by atoms with Gasteiger partial charge in [0.1, 0.15) is 22.2 Å². The molecule has 43 heavy (non-hydrogen) atoms. The van der Waals surface area contributed by atoms with Gasteiger partial charge in [-0.05, 0) is 43.9 Å². The van der Waals surface area contributed by atoms with E-state index in [0.717, 1.165) is 35.9 Å². The summed E-state index contributed by atoms with van der Waals surface area (Å²) in [6.45, 7) is 0. The summed E-state index contributed by atoms with van der Waals surface area (Å²) in [6, 6.07) is 16.5. The van der Waals surface area contributed by atoms with Crippen molar-refractivity contribution in [2.24, 2.45) is 0 Å². The van der Waals surface area contributed by atoms with Gasteiger partial charge in [-0.15, -0.1) is 0 Å². The van der Waals surface area contributed by atoms with Crippen molar-refractivity contribution in [3.05, 3.63) is 84.6 Å². The second kappa shape index (κ2) is 10.2. The van der Waals surface area contributed by atoms with Gasteiger partial charge in [0, 0.05) is 47.1 Å². The maximum Gasteiger partial charge on any atom is 0.272 e. The standard InChI is InChI=1S/C31H29N7O4S/c1-43(41,42)28-27(20-13-21-8-9-22(14-20)37(21)31(40)26-12-10-23(39)16-34-26)36-30-24(17-35-38(30)29(28)32)19-7-11-25(33-15-19)18-5-3-2-4-6-18/h2-7,10-12,15-17,20-22,39H,8-9,13-14,32H2,1H3. The highest BCUT2D eigenvalue weighted by atomic mass is 32.2. The van der Waals surface area contributed by atoms with Crippen LogP contribution in [0, 0.1) is 0 Å². The van der Waals surface area contributed by atoms with E-state index in [-0.39, 0.29) is 46.1 Å². The topological polar surface area (TPSA) is 157 Å². The van der Waals surface area contributed by atoms with E-state index < -0.39 is 9.84 Å². The molecule has 2 fully saturated rings. The third-order valence-corrected chi connectivity index (χ3v) is 9.66. The lowest BCUT2D eigenvalue weighted by Gasteiger charge is -2.39. The molecule has 218 valence electrons. The summed E-state index contributed by atoms with van der Waals surface area (Å²) in [6.07, 6.45) is 8.46. The lowest BCUT2D eigenvalue weighted by molar-refractivity contribution is 0.0562. The highest BCUT2D eigenvalue weighted by Gasteiger charge is 2.46.